The Hall–Kier alpha value is -1.36. The summed E-state index contributed by atoms with van der Waals surface area (Å²) in [5.74, 6) is -1.12. The molecule has 0 radical (unpaired) electrons. The van der Waals surface area contributed by atoms with Crippen molar-refractivity contribution in [1.82, 2.24) is 4.98 Å². The highest BCUT2D eigenvalue weighted by Crippen LogP contribution is 2.26. The van der Waals surface area contributed by atoms with Gasteiger partial charge in [0.05, 0.1) is 11.6 Å². The largest absolute Gasteiger partial charge is 0.481 e. The first kappa shape index (κ1) is 11.1. The topological polar surface area (TPSA) is 62.2 Å². The Kier molecular flexibility index (Phi) is 2.96. The first-order chi connectivity index (χ1) is 7.56. The Morgan fingerprint density at radius 3 is 2.81 bits per heavy atom. The monoisotopic (exact) mass is 238 g/mol. The predicted octanol–water partition coefficient (Wildman–Crippen LogP) is 2.20. The molecule has 0 aromatic carbocycles. The standard InChI is InChI=1S/C11H14N2O2S/c1-6-7(2)16-11(12-6)13-9-4-3-8(5-9)10(14)15/h3-4,8-9H,5H2,1-2H3,(H,12,13)(H,14,15). The van der Waals surface area contributed by atoms with Gasteiger partial charge >= 0.3 is 5.97 Å². The zero-order valence-electron chi connectivity index (χ0n) is 9.23. The third-order valence-corrected chi connectivity index (χ3v) is 3.74. The molecule has 1 aliphatic rings. The molecule has 1 aromatic heterocycles. The number of carboxylic acid groups (broad SMARTS) is 1. The summed E-state index contributed by atoms with van der Waals surface area (Å²) in [6, 6.07) is 0.0889. The lowest BCUT2D eigenvalue weighted by Crippen LogP contribution is -2.18. The van der Waals surface area contributed by atoms with Crippen molar-refractivity contribution >= 4 is 22.4 Å². The number of rotatable bonds is 3. The number of aromatic nitrogens is 1. The van der Waals surface area contributed by atoms with Crippen molar-refractivity contribution in [3.8, 4) is 0 Å². The number of thiazole rings is 1. The highest BCUT2D eigenvalue weighted by molar-refractivity contribution is 7.15. The molecule has 1 aliphatic carbocycles. The van der Waals surface area contributed by atoms with Gasteiger partial charge in [-0.05, 0) is 20.3 Å². The van der Waals surface area contributed by atoms with E-state index < -0.39 is 5.97 Å². The zero-order valence-corrected chi connectivity index (χ0v) is 10.0. The van der Waals surface area contributed by atoms with E-state index in [0.717, 1.165) is 10.8 Å². The Bertz CT molecular complexity index is 420. The zero-order chi connectivity index (χ0) is 11.7. The van der Waals surface area contributed by atoms with E-state index in [1.54, 1.807) is 17.4 Å². The molecule has 16 heavy (non-hydrogen) atoms. The van der Waals surface area contributed by atoms with Crippen molar-refractivity contribution in [2.75, 3.05) is 5.32 Å². The molecule has 0 aliphatic heterocycles. The molecule has 0 bridgehead atoms. The van der Waals surface area contributed by atoms with E-state index in [4.69, 9.17) is 5.11 Å². The summed E-state index contributed by atoms with van der Waals surface area (Å²) in [4.78, 5) is 16.3. The number of carboxylic acids is 1. The summed E-state index contributed by atoms with van der Waals surface area (Å²) in [5, 5.41) is 13.0. The maximum absolute atomic E-state index is 10.8. The van der Waals surface area contributed by atoms with Crippen molar-refractivity contribution < 1.29 is 9.90 Å². The van der Waals surface area contributed by atoms with Gasteiger partial charge in [-0.2, -0.15) is 0 Å². The average molecular weight is 238 g/mol. The molecule has 0 saturated heterocycles. The van der Waals surface area contributed by atoms with Crippen LogP contribution in [0.5, 0.6) is 0 Å². The summed E-state index contributed by atoms with van der Waals surface area (Å²) in [6.45, 7) is 4.00. The van der Waals surface area contributed by atoms with Gasteiger partial charge in [-0.1, -0.05) is 12.2 Å². The number of aliphatic carboxylic acids is 1. The summed E-state index contributed by atoms with van der Waals surface area (Å²) < 4.78 is 0. The van der Waals surface area contributed by atoms with E-state index >= 15 is 0 Å². The van der Waals surface area contributed by atoms with Crippen LogP contribution in [0.25, 0.3) is 0 Å². The predicted molar refractivity (Wildman–Crippen MR) is 63.9 cm³/mol. The van der Waals surface area contributed by atoms with Gasteiger partial charge in [-0.3, -0.25) is 4.79 Å². The minimum atomic E-state index is -0.757. The Morgan fingerprint density at radius 1 is 1.56 bits per heavy atom. The molecular formula is C11H14N2O2S. The number of hydrogen-bond acceptors (Lipinski definition) is 4. The molecule has 2 rings (SSSR count). The Morgan fingerprint density at radius 2 is 2.31 bits per heavy atom. The maximum atomic E-state index is 10.8. The van der Waals surface area contributed by atoms with E-state index in [0.29, 0.717) is 6.42 Å². The second-order valence-electron chi connectivity index (χ2n) is 3.98. The summed E-state index contributed by atoms with van der Waals surface area (Å²) in [7, 11) is 0. The number of aryl methyl sites for hydroxylation is 2. The number of hydrogen-bond donors (Lipinski definition) is 2. The van der Waals surface area contributed by atoms with Crippen LogP contribution in [0.3, 0.4) is 0 Å². The molecule has 0 saturated carbocycles. The smallest absolute Gasteiger partial charge is 0.310 e. The SMILES string of the molecule is Cc1nc(NC2C=CC(C(=O)O)C2)sc1C. The van der Waals surface area contributed by atoms with Gasteiger partial charge in [0.25, 0.3) is 0 Å². The minimum Gasteiger partial charge on any atom is -0.481 e. The second-order valence-corrected chi connectivity index (χ2v) is 5.18. The maximum Gasteiger partial charge on any atom is 0.310 e. The minimum absolute atomic E-state index is 0.0889. The third-order valence-electron chi connectivity index (χ3n) is 2.74. The molecule has 1 heterocycles. The third kappa shape index (κ3) is 2.24. The lowest BCUT2D eigenvalue weighted by molar-refractivity contribution is -0.140. The molecule has 2 N–H and O–H groups in total. The fraction of sp³-hybridized carbons (Fsp3) is 0.455. The Balaban J connectivity index is 1.98. The summed E-state index contributed by atoms with van der Waals surface area (Å²) >= 11 is 1.61. The molecule has 0 spiro atoms. The number of nitrogens with zero attached hydrogens (tertiary/aromatic N) is 1. The molecular weight excluding hydrogens is 224 g/mol. The van der Waals surface area contributed by atoms with Crippen LogP contribution in [0.2, 0.25) is 0 Å². The van der Waals surface area contributed by atoms with Crippen molar-refractivity contribution in [1.29, 1.82) is 0 Å². The van der Waals surface area contributed by atoms with Gasteiger partial charge in [0.15, 0.2) is 5.13 Å². The van der Waals surface area contributed by atoms with E-state index in [1.165, 1.54) is 4.88 Å². The van der Waals surface area contributed by atoms with Gasteiger partial charge in [-0.25, -0.2) is 4.98 Å². The quantitative estimate of drug-likeness (QED) is 0.792. The fourth-order valence-electron chi connectivity index (χ4n) is 1.68. The molecule has 1 aromatic rings. The second kappa shape index (κ2) is 4.25. The van der Waals surface area contributed by atoms with Crippen LogP contribution in [-0.4, -0.2) is 22.1 Å². The normalized spacial score (nSPS) is 23.6. The van der Waals surface area contributed by atoms with Crippen molar-refractivity contribution in [3.63, 3.8) is 0 Å². The van der Waals surface area contributed by atoms with Crippen LogP contribution >= 0.6 is 11.3 Å². The van der Waals surface area contributed by atoms with Crippen LogP contribution in [0.4, 0.5) is 5.13 Å². The number of nitrogens with one attached hydrogen (secondary N) is 1. The van der Waals surface area contributed by atoms with E-state index in [1.807, 2.05) is 19.9 Å². The van der Waals surface area contributed by atoms with Crippen LogP contribution in [0.15, 0.2) is 12.2 Å². The first-order valence-corrected chi connectivity index (χ1v) is 5.99. The van der Waals surface area contributed by atoms with Crippen LogP contribution in [0.1, 0.15) is 17.0 Å². The number of anilines is 1. The van der Waals surface area contributed by atoms with Gasteiger partial charge in [0.1, 0.15) is 0 Å². The van der Waals surface area contributed by atoms with E-state index in [-0.39, 0.29) is 12.0 Å². The van der Waals surface area contributed by atoms with E-state index in [9.17, 15) is 4.79 Å². The van der Waals surface area contributed by atoms with Gasteiger partial charge in [0.2, 0.25) is 0 Å². The lowest BCUT2D eigenvalue weighted by atomic mass is 10.1. The molecule has 0 fully saturated rings. The molecule has 0 amide bonds. The lowest BCUT2D eigenvalue weighted by Gasteiger charge is -2.10. The highest BCUT2D eigenvalue weighted by Gasteiger charge is 2.24. The van der Waals surface area contributed by atoms with Gasteiger partial charge < -0.3 is 10.4 Å². The van der Waals surface area contributed by atoms with E-state index in [2.05, 4.69) is 10.3 Å². The molecule has 2 atom stereocenters. The summed E-state index contributed by atoms with van der Waals surface area (Å²) in [6.07, 6.45) is 4.26. The number of carbonyl (C=O) groups is 1. The molecule has 86 valence electrons. The highest BCUT2D eigenvalue weighted by atomic mass is 32.1. The van der Waals surface area contributed by atoms with Crippen molar-refractivity contribution in [3.05, 3.63) is 22.7 Å². The van der Waals surface area contributed by atoms with Crippen LogP contribution in [0, 0.1) is 19.8 Å². The van der Waals surface area contributed by atoms with Crippen LogP contribution < -0.4 is 5.32 Å². The van der Waals surface area contributed by atoms with Crippen LogP contribution in [-0.2, 0) is 4.79 Å². The molecule has 2 unspecified atom stereocenters. The van der Waals surface area contributed by atoms with Crippen molar-refractivity contribution in [2.24, 2.45) is 5.92 Å². The van der Waals surface area contributed by atoms with Gasteiger partial charge in [0, 0.05) is 10.9 Å². The van der Waals surface area contributed by atoms with Crippen molar-refractivity contribution in [2.45, 2.75) is 26.3 Å². The fourth-order valence-corrected chi connectivity index (χ4v) is 2.56. The summed E-state index contributed by atoms with van der Waals surface area (Å²) in [5.41, 5.74) is 1.03. The van der Waals surface area contributed by atoms with Gasteiger partial charge in [-0.15, -0.1) is 11.3 Å². The average Bonchev–Trinajstić information content (AvgIpc) is 2.76. The molecule has 5 heteroatoms. The first-order valence-electron chi connectivity index (χ1n) is 5.18. The molecule has 4 nitrogen and oxygen atoms in total. The Labute approximate surface area is 98.0 Å².